The van der Waals surface area contributed by atoms with Crippen LogP contribution in [0.3, 0.4) is 0 Å². The molecular formula is C24H27N5O4. The van der Waals surface area contributed by atoms with Crippen LogP contribution in [0.4, 0.5) is 10.6 Å². The summed E-state index contributed by atoms with van der Waals surface area (Å²) in [6, 6.07) is 8.12. The van der Waals surface area contributed by atoms with Crippen molar-refractivity contribution < 1.29 is 19.4 Å². The molecule has 1 amide bonds. The van der Waals surface area contributed by atoms with Crippen LogP contribution in [0.25, 0.3) is 22.2 Å². The van der Waals surface area contributed by atoms with E-state index in [4.69, 9.17) is 20.3 Å². The van der Waals surface area contributed by atoms with Gasteiger partial charge in [0.05, 0.1) is 11.5 Å². The average Bonchev–Trinajstić information content (AvgIpc) is 3.49. The van der Waals surface area contributed by atoms with Crippen molar-refractivity contribution in [2.75, 3.05) is 12.3 Å². The third-order valence-electron chi connectivity index (χ3n) is 7.38. The quantitative estimate of drug-likeness (QED) is 0.523. The maximum Gasteiger partial charge on any atom is 0.404 e. The zero-order chi connectivity index (χ0) is 22.6. The number of anilines is 1. The monoisotopic (exact) mass is 449 g/mol. The van der Waals surface area contributed by atoms with Gasteiger partial charge in [-0.2, -0.15) is 0 Å². The van der Waals surface area contributed by atoms with Gasteiger partial charge in [0, 0.05) is 23.8 Å². The van der Waals surface area contributed by atoms with E-state index >= 15 is 0 Å². The summed E-state index contributed by atoms with van der Waals surface area (Å²) in [5.41, 5.74) is 8.84. The number of nitrogen functional groups attached to an aromatic ring is 1. The summed E-state index contributed by atoms with van der Waals surface area (Å²) in [5.74, 6) is 1.22. The SMILES string of the molecule is Nc1ncnc2c1c(-c1cccc(OCC34CCC(CC3)O4)c1)cn2[C@H]1C[C@H](NC(=O)O)C1. The van der Waals surface area contributed by atoms with Gasteiger partial charge in [0.15, 0.2) is 0 Å². The minimum Gasteiger partial charge on any atom is -0.491 e. The van der Waals surface area contributed by atoms with Crippen LogP contribution in [0, 0.1) is 0 Å². The third-order valence-corrected chi connectivity index (χ3v) is 7.38. The Hall–Kier alpha value is -3.33. The second-order valence-electron chi connectivity index (χ2n) is 9.50. The molecule has 0 radical (unpaired) electrons. The number of amides is 1. The lowest BCUT2D eigenvalue weighted by Gasteiger charge is -2.36. The van der Waals surface area contributed by atoms with Crippen molar-refractivity contribution in [3.63, 3.8) is 0 Å². The summed E-state index contributed by atoms with van der Waals surface area (Å²) in [6.07, 6.45) is 8.77. The molecule has 6 rings (SSSR count). The van der Waals surface area contributed by atoms with Crippen molar-refractivity contribution in [3.05, 3.63) is 36.8 Å². The number of hydrogen-bond donors (Lipinski definition) is 3. The minimum atomic E-state index is -0.990. The Labute approximate surface area is 190 Å². The van der Waals surface area contributed by atoms with Gasteiger partial charge in [-0.05, 0) is 56.2 Å². The van der Waals surface area contributed by atoms with Crippen molar-refractivity contribution in [3.8, 4) is 16.9 Å². The highest BCUT2D eigenvalue weighted by Crippen LogP contribution is 2.44. The minimum absolute atomic E-state index is 0.0447. The number of benzene rings is 1. The van der Waals surface area contributed by atoms with Crippen molar-refractivity contribution in [1.82, 2.24) is 19.9 Å². The summed E-state index contributed by atoms with van der Waals surface area (Å²) in [7, 11) is 0. The molecule has 2 bridgehead atoms. The summed E-state index contributed by atoms with van der Waals surface area (Å²) in [5, 5.41) is 12.3. The Morgan fingerprint density at radius 2 is 2.12 bits per heavy atom. The van der Waals surface area contributed by atoms with Crippen molar-refractivity contribution in [2.45, 2.75) is 62.3 Å². The second-order valence-corrected chi connectivity index (χ2v) is 9.50. The number of rotatable bonds is 6. The molecule has 1 aromatic carbocycles. The first kappa shape index (κ1) is 20.3. The smallest absolute Gasteiger partial charge is 0.404 e. The van der Waals surface area contributed by atoms with Gasteiger partial charge < -0.3 is 30.2 Å². The molecule has 33 heavy (non-hydrogen) atoms. The molecule has 0 atom stereocenters. The third kappa shape index (κ3) is 3.56. The lowest BCUT2D eigenvalue weighted by Crippen LogP contribution is -2.44. The fourth-order valence-electron chi connectivity index (χ4n) is 5.57. The molecule has 2 aromatic heterocycles. The predicted octanol–water partition coefficient (Wildman–Crippen LogP) is 3.74. The van der Waals surface area contributed by atoms with Crippen LogP contribution in [-0.4, -0.2) is 50.1 Å². The molecule has 2 aliphatic heterocycles. The molecule has 4 N–H and O–H groups in total. The summed E-state index contributed by atoms with van der Waals surface area (Å²) in [4.78, 5) is 19.6. The Balaban J connectivity index is 1.28. The van der Waals surface area contributed by atoms with E-state index in [2.05, 4.69) is 26.0 Å². The Kier molecular flexibility index (Phi) is 4.69. The Morgan fingerprint density at radius 1 is 1.30 bits per heavy atom. The lowest BCUT2D eigenvalue weighted by molar-refractivity contribution is -0.0198. The zero-order valence-electron chi connectivity index (χ0n) is 18.2. The van der Waals surface area contributed by atoms with Crippen LogP contribution in [0.5, 0.6) is 5.75 Å². The summed E-state index contributed by atoms with van der Waals surface area (Å²) >= 11 is 0. The number of carbonyl (C=O) groups is 1. The number of nitrogens with one attached hydrogen (secondary N) is 1. The molecular weight excluding hydrogens is 422 g/mol. The fraction of sp³-hybridized carbons (Fsp3) is 0.458. The maximum absolute atomic E-state index is 10.9. The summed E-state index contributed by atoms with van der Waals surface area (Å²) in [6.45, 7) is 0.569. The van der Waals surface area contributed by atoms with Gasteiger partial charge in [-0.25, -0.2) is 14.8 Å². The van der Waals surface area contributed by atoms with E-state index < -0.39 is 6.09 Å². The first-order chi connectivity index (χ1) is 16.0. The number of aromatic nitrogens is 3. The Bertz CT molecular complexity index is 1210. The van der Waals surface area contributed by atoms with E-state index in [1.807, 2.05) is 24.3 Å². The van der Waals surface area contributed by atoms with E-state index in [1.54, 1.807) is 0 Å². The van der Waals surface area contributed by atoms with Gasteiger partial charge in [0.2, 0.25) is 0 Å². The molecule has 3 aliphatic rings. The number of nitrogens with two attached hydrogens (primary N) is 1. The highest BCUT2D eigenvalue weighted by Gasteiger charge is 2.46. The molecule has 1 aliphatic carbocycles. The average molecular weight is 450 g/mol. The van der Waals surface area contributed by atoms with Crippen LogP contribution in [-0.2, 0) is 4.74 Å². The number of carboxylic acid groups (broad SMARTS) is 1. The van der Waals surface area contributed by atoms with E-state index in [1.165, 1.54) is 6.33 Å². The van der Waals surface area contributed by atoms with Crippen molar-refractivity contribution >= 4 is 22.9 Å². The molecule has 0 unspecified atom stereocenters. The molecule has 2 saturated heterocycles. The lowest BCUT2D eigenvalue weighted by atomic mass is 9.86. The summed E-state index contributed by atoms with van der Waals surface area (Å²) < 4.78 is 14.4. The largest absolute Gasteiger partial charge is 0.491 e. The van der Waals surface area contributed by atoms with E-state index in [9.17, 15) is 4.79 Å². The van der Waals surface area contributed by atoms with Gasteiger partial charge in [0.25, 0.3) is 0 Å². The molecule has 3 fully saturated rings. The first-order valence-electron chi connectivity index (χ1n) is 11.5. The van der Waals surface area contributed by atoms with Crippen LogP contribution in [0.1, 0.15) is 44.6 Å². The molecule has 4 heterocycles. The van der Waals surface area contributed by atoms with Crippen LogP contribution >= 0.6 is 0 Å². The van der Waals surface area contributed by atoms with Crippen molar-refractivity contribution in [2.24, 2.45) is 0 Å². The van der Waals surface area contributed by atoms with Crippen LogP contribution < -0.4 is 15.8 Å². The molecule has 9 heteroatoms. The number of nitrogens with zero attached hydrogens (tertiary/aromatic N) is 3. The standard InChI is InChI=1S/C24H27N5O4/c25-21-20-19(11-29(22(20)27-13-26-21)16-9-15(10-16)28-23(30)31)14-2-1-3-18(8-14)32-12-24-6-4-17(33-24)5-7-24/h1-3,8,11,13,15-17,28H,4-7,9-10,12H2,(H,30,31)(H2,25,26,27)/t15-,16-,17?,24?. The Morgan fingerprint density at radius 3 is 2.85 bits per heavy atom. The van der Waals surface area contributed by atoms with Crippen LogP contribution in [0.2, 0.25) is 0 Å². The van der Waals surface area contributed by atoms with E-state index in [-0.39, 0.29) is 17.7 Å². The van der Waals surface area contributed by atoms with Gasteiger partial charge in [-0.15, -0.1) is 0 Å². The second kappa shape index (κ2) is 7.62. The van der Waals surface area contributed by atoms with Gasteiger partial charge >= 0.3 is 6.09 Å². The highest BCUT2D eigenvalue weighted by atomic mass is 16.6. The molecule has 0 spiro atoms. The zero-order valence-corrected chi connectivity index (χ0v) is 18.2. The van der Waals surface area contributed by atoms with Gasteiger partial charge in [-0.3, -0.25) is 0 Å². The highest BCUT2D eigenvalue weighted by molar-refractivity contribution is 6.00. The van der Waals surface area contributed by atoms with Gasteiger partial charge in [0.1, 0.15) is 35.7 Å². The fourth-order valence-corrected chi connectivity index (χ4v) is 5.57. The molecule has 3 aromatic rings. The van der Waals surface area contributed by atoms with E-state index in [0.29, 0.717) is 31.4 Å². The topological polar surface area (TPSA) is 125 Å². The van der Waals surface area contributed by atoms with Crippen LogP contribution in [0.15, 0.2) is 36.8 Å². The van der Waals surface area contributed by atoms with Crippen molar-refractivity contribution in [1.29, 1.82) is 0 Å². The number of hydrogen-bond acceptors (Lipinski definition) is 6. The first-order valence-corrected chi connectivity index (χ1v) is 11.5. The maximum atomic E-state index is 10.9. The number of fused-ring (bicyclic) bond motifs is 3. The molecule has 1 saturated carbocycles. The molecule has 9 nitrogen and oxygen atoms in total. The normalized spacial score (nSPS) is 28.1. The van der Waals surface area contributed by atoms with E-state index in [0.717, 1.165) is 53.6 Å². The number of ether oxygens (including phenoxy) is 2. The predicted molar refractivity (Wildman–Crippen MR) is 122 cm³/mol. The van der Waals surface area contributed by atoms with Gasteiger partial charge in [-0.1, -0.05) is 12.1 Å². The molecule has 172 valence electrons.